The molecule has 6 nitrogen and oxygen atoms in total. The number of hydrogen-bond acceptors (Lipinski definition) is 4. The Morgan fingerprint density at radius 2 is 1.95 bits per heavy atom. The number of nitrogens with two attached hydrogens (primary N) is 1. The van der Waals surface area contributed by atoms with Gasteiger partial charge in [-0.1, -0.05) is 24.3 Å². The maximum Gasteiger partial charge on any atom is 0.289 e. The molecule has 0 spiro atoms. The number of benzene rings is 1. The highest BCUT2D eigenvalue weighted by atomic mass is 32.2. The first-order valence-corrected chi connectivity index (χ1v) is 7.59. The standard InChI is InChI=1S/C13H13N3O3S/c14-12-7-11(20(18,19)15-12)13(17)16-6-5-9-3-1-2-4-10(9)8-16/h1-4,7H,5-6,8H2,(H2,14,15). The SMILES string of the molecule is NC1=NS(=O)(=O)C(C(=O)N2CCc3ccccc3C2)=C1. The van der Waals surface area contributed by atoms with Gasteiger partial charge in [0, 0.05) is 19.2 Å². The van der Waals surface area contributed by atoms with Gasteiger partial charge in [-0.3, -0.25) is 4.79 Å². The van der Waals surface area contributed by atoms with Crippen LogP contribution in [-0.2, 0) is 27.8 Å². The number of carbonyl (C=O) groups is 1. The van der Waals surface area contributed by atoms with E-state index in [1.54, 1.807) is 0 Å². The highest BCUT2D eigenvalue weighted by molar-refractivity contribution is 7.95. The molecule has 7 heteroatoms. The van der Waals surface area contributed by atoms with Crippen LogP contribution in [0.15, 0.2) is 39.6 Å². The number of amidine groups is 1. The lowest BCUT2D eigenvalue weighted by atomic mass is 10.00. The Morgan fingerprint density at radius 3 is 2.60 bits per heavy atom. The minimum absolute atomic E-state index is 0.147. The molecule has 0 atom stereocenters. The van der Waals surface area contributed by atoms with E-state index in [0.717, 1.165) is 11.6 Å². The van der Waals surface area contributed by atoms with Crippen LogP contribution in [0.5, 0.6) is 0 Å². The van der Waals surface area contributed by atoms with E-state index in [2.05, 4.69) is 4.40 Å². The summed E-state index contributed by atoms with van der Waals surface area (Å²) >= 11 is 0. The van der Waals surface area contributed by atoms with Crippen molar-refractivity contribution >= 4 is 21.8 Å². The lowest BCUT2D eigenvalue weighted by Gasteiger charge is -2.28. The fourth-order valence-corrected chi connectivity index (χ4v) is 3.47. The summed E-state index contributed by atoms with van der Waals surface area (Å²) < 4.78 is 26.7. The minimum atomic E-state index is -3.93. The molecule has 104 valence electrons. The molecule has 3 rings (SSSR count). The summed E-state index contributed by atoms with van der Waals surface area (Å²) in [6.45, 7) is 0.893. The summed E-state index contributed by atoms with van der Waals surface area (Å²) in [5.41, 5.74) is 7.60. The van der Waals surface area contributed by atoms with E-state index >= 15 is 0 Å². The van der Waals surface area contributed by atoms with Crippen LogP contribution in [0.25, 0.3) is 0 Å². The number of hydrogen-bond donors (Lipinski definition) is 1. The average Bonchev–Trinajstić information content (AvgIpc) is 2.70. The Hall–Kier alpha value is -2.15. The Labute approximate surface area is 116 Å². The summed E-state index contributed by atoms with van der Waals surface area (Å²) in [5.74, 6) is -0.686. The first-order chi connectivity index (χ1) is 9.47. The van der Waals surface area contributed by atoms with Gasteiger partial charge in [0.1, 0.15) is 5.84 Å². The van der Waals surface area contributed by atoms with Crippen molar-refractivity contribution in [3.63, 3.8) is 0 Å². The average molecular weight is 291 g/mol. The minimum Gasteiger partial charge on any atom is -0.383 e. The second-order valence-corrected chi connectivity index (χ2v) is 6.32. The van der Waals surface area contributed by atoms with Crippen molar-refractivity contribution < 1.29 is 13.2 Å². The van der Waals surface area contributed by atoms with Gasteiger partial charge in [-0.2, -0.15) is 8.42 Å². The zero-order valence-corrected chi connectivity index (χ0v) is 11.4. The smallest absolute Gasteiger partial charge is 0.289 e. The van der Waals surface area contributed by atoms with E-state index in [1.165, 1.54) is 10.5 Å². The van der Waals surface area contributed by atoms with E-state index in [4.69, 9.17) is 5.73 Å². The van der Waals surface area contributed by atoms with Gasteiger partial charge >= 0.3 is 0 Å². The number of amides is 1. The highest BCUT2D eigenvalue weighted by Crippen LogP contribution is 2.23. The maximum absolute atomic E-state index is 12.3. The molecule has 0 saturated heterocycles. The lowest BCUT2D eigenvalue weighted by Crippen LogP contribution is -2.37. The van der Waals surface area contributed by atoms with Gasteiger partial charge in [0.15, 0.2) is 4.91 Å². The van der Waals surface area contributed by atoms with Gasteiger partial charge in [-0.05, 0) is 17.5 Å². The summed E-state index contributed by atoms with van der Waals surface area (Å²) in [5, 5.41) is 0. The summed E-state index contributed by atoms with van der Waals surface area (Å²) in [6, 6.07) is 7.81. The Balaban J connectivity index is 1.86. The second-order valence-electron chi connectivity index (χ2n) is 4.75. The molecule has 0 fully saturated rings. The van der Waals surface area contributed by atoms with Crippen LogP contribution in [0.1, 0.15) is 11.1 Å². The van der Waals surface area contributed by atoms with Crippen LogP contribution in [-0.4, -0.2) is 31.6 Å². The molecule has 2 N–H and O–H groups in total. The monoisotopic (exact) mass is 291 g/mol. The molecule has 0 unspecified atom stereocenters. The first kappa shape index (κ1) is 12.9. The number of nitrogens with zero attached hydrogens (tertiary/aromatic N) is 2. The van der Waals surface area contributed by atoms with E-state index in [1.807, 2.05) is 24.3 Å². The molecule has 2 aliphatic rings. The predicted octanol–water partition coefficient (Wildman–Crippen LogP) is 0.156. The third-order valence-corrected chi connectivity index (χ3v) is 4.71. The molecule has 2 aliphatic heterocycles. The van der Waals surface area contributed by atoms with Crippen molar-refractivity contribution in [3.8, 4) is 0 Å². The van der Waals surface area contributed by atoms with E-state index < -0.39 is 15.9 Å². The summed E-state index contributed by atoms with van der Waals surface area (Å²) in [7, 11) is -3.93. The van der Waals surface area contributed by atoms with Gasteiger partial charge in [0.05, 0.1) is 0 Å². The van der Waals surface area contributed by atoms with Gasteiger partial charge in [-0.25, -0.2) is 0 Å². The molecule has 0 saturated carbocycles. The van der Waals surface area contributed by atoms with Crippen molar-refractivity contribution in [2.45, 2.75) is 13.0 Å². The van der Waals surface area contributed by atoms with Gasteiger partial charge in [0.2, 0.25) is 0 Å². The van der Waals surface area contributed by atoms with Crippen molar-refractivity contribution in [1.29, 1.82) is 0 Å². The molecule has 0 bridgehead atoms. The largest absolute Gasteiger partial charge is 0.383 e. The fraction of sp³-hybridized carbons (Fsp3) is 0.231. The third kappa shape index (κ3) is 2.09. The van der Waals surface area contributed by atoms with Crippen molar-refractivity contribution in [3.05, 3.63) is 46.4 Å². The number of carbonyl (C=O) groups excluding carboxylic acids is 1. The van der Waals surface area contributed by atoms with Crippen molar-refractivity contribution in [2.24, 2.45) is 10.1 Å². The molecule has 20 heavy (non-hydrogen) atoms. The van der Waals surface area contributed by atoms with E-state index in [0.29, 0.717) is 19.5 Å². The van der Waals surface area contributed by atoms with Crippen LogP contribution in [0, 0.1) is 0 Å². The van der Waals surface area contributed by atoms with E-state index in [9.17, 15) is 13.2 Å². The Kier molecular flexibility index (Phi) is 2.86. The number of sulfonamides is 1. The molecule has 1 aromatic rings. The van der Waals surface area contributed by atoms with Crippen LogP contribution in [0.2, 0.25) is 0 Å². The quantitative estimate of drug-likeness (QED) is 0.797. The molecule has 1 amide bonds. The van der Waals surface area contributed by atoms with Gasteiger partial charge < -0.3 is 10.6 Å². The molecular formula is C13H13N3O3S. The molecule has 2 heterocycles. The summed E-state index contributed by atoms with van der Waals surface area (Å²) in [6.07, 6.45) is 1.84. The van der Waals surface area contributed by atoms with Crippen LogP contribution < -0.4 is 5.73 Å². The predicted molar refractivity (Wildman–Crippen MR) is 74.2 cm³/mol. The molecule has 0 aromatic heterocycles. The zero-order chi connectivity index (χ0) is 14.3. The van der Waals surface area contributed by atoms with Gasteiger partial charge in [-0.15, -0.1) is 4.40 Å². The maximum atomic E-state index is 12.3. The highest BCUT2D eigenvalue weighted by Gasteiger charge is 2.34. The number of fused-ring (bicyclic) bond motifs is 1. The third-order valence-electron chi connectivity index (χ3n) is 3.41. The van der Waals surface area contributed by atoms with Crippen LogP contribution in [0.4, 0.5) is 0 Å². The molecule has 0 aliphatic carbocycles. The number of rotatable bonds is 1. The topological polar surface area (TPSA) is 92.8 Å². The summed E-state index contributed by atoms with van der Waals surface area (Å²) in [4.78, 5) is 13.5. The van der Waals surface area contributed by atoms with Crippen molar-refractivity contribution in [1.82, 2.24) is 4.90 Å². The molecular weight excluding hydrogens is 278 g/mol. The Morgan fingerprint density at radius 1 is 1.25 bits per heavy atom. The normalized spacial score (nSPS) is 20.1. The second kappa shape index (κ2) is 4.45. The lowest BCUT2D eigenvalue weighted by molar-refractivity contribution is -0.127. The van der Waals surface area contributed by atoms with E-state index in [-0.39, 0.29) is 10.7 Å². The van der Waals surface area contributed by atoms with Crippen molar-refractivity contribution in [2.75, 3.05) is 6.54 Å². The van der Waals surface area contributed by atoms with Crippen LogP contribution >= 0.6 is 0 Å². The fourth-order valence-electron chi connectivity index (χ4n) is 2.42. The van der Waals surface area contributed by atoms with Gasteiger partial charge in [0.25, 0.3) is 15.9 Å². The first-order valence-electron chi connectivity index (χ1n) is 6.15. The molecule has 1 aromatic carbocycles. The Bertz CT molecular complexity index is 750. The van der Waals surface area contributed by atoms with Crippen LogP contribution in [0.3, 0.4) is 0 Å². The zero-order valence-electron chi connectivity index (χ0n) is 10.6. The molecule has 0 radical (unpaired) electrons.